The van der Waals surface area contributed by atoms with Gasteiger partial charge in [-0.15, -0.1) is 0 Å². The summed E-state index contributed by atoms with van der Waals surface area (Å²) < 4.78 is 26.5. The summed E-state index contributed by atoms with van der Waals surface area (Å²) in [5, 5.41) is 0.348. The van der Waals surface area contributed by atoms with Gasteiger partial charge in [-0.2, -0.15) is 0 Å². The lowest BCUT2D eigenvalue weighted by atomic mass is 9.99. The van der Waals surface area contributed by atoms with Gasteiger partial charge in [0.15, 0.2) is 0 Å². The molecular formula is C12H11ClF2N4. The van der Waals surface area contributed by atoms with Gasteiger partial charge in [0.05, 0.1) is 11.1 Å². The highest BCUT2D eigenvalue weighted by Crippen LogP contribution is 2.28. The number of hydrogen-bond donors (Lipinski definition) is 3. The van der Waals surface area contributed by atoms with Crippen LogP contribution < -0.4 is 17.0 Å². The Morgan fingerprint density at radius 3 is 2.37 bits per heavy atom. The molecule has 1 heterocycles. The fourth-order valence-corrected chi connectivity index (χ4v) is 1.97. The number of nitrogen functional groups attached to an aromatic ring is 1. The van der Waals surface area contributed by atoms with Crippen molar-refractivity contribution in [2.24, 2.45) is 5.84 Å². The molecule has 1 unspecified atom stereocenters. The fraction of sp³-hybridized carbons (Fsp3) is 0.0833. The van der Waals surface area contributed by atoms with Gasteiger partial charge in [-0.25, -0.2) is 19.2 Å². The van der Waals surface area contributed by atoms with Gasteiger partial charge in [-0.3, -0.25) is 5.84 Å². The van der Waals surface area contributed by atoms with Crippen molar-refractivity contribution in [3.63, 3.8) is 0 Å². The standard InChI is InChI=1S/C12H11ClF2N4/c13-7-3-10(12(16)18-5-7)11(19-17)6-1-8(14)4-9(15)2-6/h1-5,11,19H,17H2,(H2,16,18). The lowest BCUT2D eigenvalue weighted by Crippen LogP contribution is -2.29. The summed E-state index contributed by atoms with van der Waals surface area (Å²) in [5.74, 6) is 4.20. The van der Waals surface area contributed by atoms with Gasteiger partial charge in [0.2, 0.25) is 0 Å². The molecule has 0 fully saturated rings. The first-order valence-electron chi connectivity index (χ1n) is 5.34. The van der Waals surface area contributed by atoms with E-state index in [4.69, 9.17) is 23.2 Å². The number of nitrogens with zero attached hydrogens (tertiary/aromatic N) is 1. The van der Waals surface area contributed by atoms with Crippen LogP contribution in [0.15, 0.2) is 30.5 Å². The molecule has 0 bridgehead atoms. The van der Waals surface area contributed by atoms with E-state index in [1.807, 2.05) is 0 Å². The quantitative estimate of drug-likeness (QED) is 0.596. The van der Waals surface area contributed by atoms with E-state index in [9.17, 15) is 8.78 Å². The minimum absolute atomic E-state index is 0.178. The van der Waals surface area contributed by atoms with E-state index in [1.165, 1.54) is 12.3 Å². The summed E-state index contributed by atoms with van der Waals surface area (Å²) in [5.41, 5.74) is 8.90. The van der Waals surface area contributed by atoms with Crippen molar-refractivity contribution in [1.82, 2.24) is 10.4 Å². The van der Waals surface area contributed by atoms with Gasteiger partial charge in [-0.05, 0) is 23.8 Å². The maximum absolute atomic E-state index is 13.2. The van der Waals surface area contributed by atoms with Crippen LogP contribution in [0, 0.1) is 11.6 Å². The number of hydrazine groups is 1. The number of hydrogen-bond acceptors (Lipinski definition) is 4. The Kier molecular flexibility index (Phi) is 3.94. The molecule has 100 valence electrons. The zero-order valence-electron chi connectivity index (χ0n) is 9.70. The summed E-state index contributed by atoms with van der Waals surface area (Å²) in [6.45, 7) is 0. The van der Waals surface area contributed by atoms with Crippen molar-refractivity contribution in [2.75, 3.05) is 5.73 Å². The van der Waals surface area contributed by atoms with E-state index in [-0.39, 0.29) is 11.4 Å². The first-order valence-corrected chi connectivity index (χ1v) is 5.72. The Bertz CT molecular complexity index is 586. The molecule has 0 saturated carbocycles. The van der Waals surface area contributed by atoms with Crippen LogP contribution >= 0.6 is 11.6 Å². The molecule has 4 nitrogen and oxygen atoms in total. The number of rotatable bonds is 3. The predicted molar refractivity (Wildman–Crippen MR) is 69.2 cm³/mol. The lowest BCUT2D eigenvalue weighted by molar-refractivity contribution is 0.566. The monoisotopic (exact) mass is 284 g/mol. The van der Waals surface area contributed by atoms with Crippen LogP contribution in [0.2, 0.25) is 5.02 Å². The SMILES string of the molecule is NNC(c1cc(F)cc(F)c1)c1cc(Cl)cnc1N. The molecular weight excluding hydrogens is 274 g/mol. The minimum Gasteiger partial charge on any atom is -0.383 e. The molecule has 2 aromatic rings. The molecule has 1 aromatic heterocycles. The molecule has 1 atom stereocenters. The van der Waals surface area contributed by atoms with Crippen molar-refractivity contribution < 1.29 is 8.78 Å². The van der Waals surface area contributed by atoms with Crippen LogP contribution in [0.4, 0.5) is 14.6 Å². The van der Waals surface area contributed by atoms with Crippen molar-refractivity contribution in [3.8, 4) is 0 Å². The third-order valence-corrected chi connectivity index (χ3v) is 2.82. The minimum atomic E-state index is -0.712. The van der Waals surface area contributed by atoms with Gasteiger partial charge < -0.3 is 5.73 Å². The smallest absolute Gasteiger partial charge is 0.128 e. The number of nitrogens with two attached hydrogens (primary N) is 2. The first kappa shape index (κ1) is 13.7. The summed E-state index contributed by atoms with van der Waals surface area (Å²) in [7, 11) is 0. The highest BCUT2D eigenvalue weighted by Gasteiger charge is 2.18. The van der Waals surface area contributed by atoms with Crippen molar-refractivity contribution in [1.29, 1.82) is 0 Å². The molecule has 0 spiro atoms. The van der Waals surface area contributed by atoms with Crippen LogP contribution in [0.25, 0.3) is 0 Å². The van der Waals surface area contributed by atoms with Crippen LogP contribution in [0.5, 0.6) is 0 Å². The summed E-state index contributed by atoms with van der Waals surface area (Å²) >= 11 is 5.83. The molecule has 0 aliphatic carbocycles. The Hall–Kier alpha value is -1.76. The normalized spacial score (nSPS) is 12.4. The zero-order chi connectivity index (χ0) is 14.0. The van der Waals surface area contributed by atoms with E-state index >= 15 is 0 Å². The van der Waals surface area contributed by atoms with Crippen LogP contribution in [0.3, 0.4) is 0 Å². The van der Waals surface area contributed by atoms with Crippen LogP contribution in [-0.4, -0.2) is 4.98 Å². The van der Waals surface area contributed by atoms with Gasteiger partial charge in [0, 0.05) is 17.8 Å². The lowest BCUT2D eigenvalue weighted by Gasteiger charge is -2.18. The van der Waals surface area contributed by atoms with Gasteiger partial charge in [-0.1, -0.05) is 11.6 Å². The maximum Gasteiger partial charge on any atom is 0.128 e. The van der Waals surface area contributed by atoms with Gasteiger partial charge in [0.1, 0.15) is 17.5 Å². The number of pyridine rings is 1. The van der Waals surface area contributed by atoms with E-state index in [2.05, 4.69) is 10.4 Å². The predicted octanol–water partition coefficient (Wildman–Crippen LogP) is 2.15. The van der Waals surface area contributed by atoms with Crippen LogP contribution in [0.1, 0.15) is 17.2 Å². The number of anilines is 1. The highest BCUT2D eigenvalue weighted by molar-refractivity contribution is 6.30. The zero-order valence-corrected chi connectivity index (χ0v) is 10.5. The van der Waals surface area contributed by atoms with E-state index in [0.717, 1.165) is 18.2 Å². The first-order chi connectivity index (χ1) is 9.01. The Morgan fingerprint density at radius 2 is 1.79 bits per heavy atom. The maximum atomic E-state index is 13.2. The number of nitrogens with one attached hydrogen (secondary N) is 1. The average molecular weight is 285 g/mol. The fourth-order valence-electron chi connectivity index (χ4n) is 1.80. The Morgan fingerprint density at radius 1 is 1.16 bits per heavy atom. The molecule has 2 rings (SSSR count). The van der Waals surface area contributed by atoms with Crippen molar-refractivity contribution in [2.45, 2.75) is 6.04 Å². The number of aromatic nitrogens is 1. The average Bonchev–Trinajstić information content (AvgIpc) is 2.33. The van der Waals surface area contributed by atoms with Crippen LogP contribution in [-0.2, 0) is 0 Å². The molecule has 19 heavy (non-hydrogen) atoms. The molecule has 0 saturated heterocycles. The van der Waals surface area contributed by atoms with E-state index in [1.54, 1.807) is 0 Å². The molecule has 0 amide bonds. The summed E-state index contributed by atoms with van der Waals surface area (Å²) in [6, 6.07) is 3.92. The Labute approximate surface area is 113 Å². The van der Waals surface area contributed by atoms with E-state index < -0.39 is 17.7 Å². The second-order valence-corrected chi connectivity index (χ2v) is 4.37. The topological polar surface area (TPSA) is 77.0 Å². The second-order valence-electron chi connectivity index (χ2n) is 3.93. The molecule has 5 N–H and O–H groups in total. The van der Waals surface area contributed by atoms with Crippen molar-refractivity contribution in [3.05, 3.63) is 58.2 Å². The largest absolute Gasteiger partial charge is 0.383 e. The number of halogens is 3. The molecule has 0 aliphatic rings. The number of benzene rings is 1. The third-order valence-electron chi connectivity index (χ3n) is 2.61. The molecule has 0 aliphatic heterocycles. The summed E-state index contributed by atoms with van der Waals surface area (Å²) in [4.78, 5) is 3.88. The van der Waals surface area contributed by atoms with E-state index in [0.29, 0.717) is 10.6 Å². The Balaban J connectivity index is 2.52. The molecule has 0 radical (unpaired) electrons. The second kappa shape index (κ2) is 5.48. The molecule has 7 heteroatoms. The van der Waals surface area contributed by atoms with Gasteiger partial charge >= 0.3 is 0 Å². The highest BCUT2D eigenvalue weighted by atomic mass is 35.5. The third kappa shape index (κ3) is 2.98. The van der Waals surface area contributed by atoms with Gasteiger partial charge in [0.25, 0.3) is 0 Å². The van der Waals surface area contributed by atoms with Crippen molar-refractivity contribution >= 4 is 17.4 Å². The molecule has 1 aromatic carbocycles. The summed E-state index contributed by atoms with van der Waals surface area (Å²) in [6.07, 6.45) is 1.38.